The third kappa shape index (κ3) is 4.90. The summed E-state index contributed by atoms with van der Waals surface area (Å²) in [5.74, 6) is 0. The molecule has 14 aromatic rings. The molecule has 3 heteroatoms. The second-order valence-electron chi connectivity index (χ2n) is 14.0. The molecular weight excluding hydrogens is 763 g/mol. The molecule has 63 heavy (non-hydrogen) atoms. The largest absolute Gasteiger partial charge is 0.309 e. The van der Waals surface area contributed by atoms with E-state index >= 15 is 0 Å². The van der Waals surface area contributed by atoms with Crippen LogP contribution < -0.4 is 0 Å². The van der Waals surface area contributed by atoms with E-state index in [4.69, 9.17) is 16.4 Å². The lowest BCUT2D eigenvalue weighted by Crippen LogP contribution is -1.94. The van der Waals surface area contributed by atoms with Crippen molar-refractivity contribution in [3.05, 3.63) is 224 Å². The normalized spacial score (nSPS) is 20.3. The Morgan fingerprint density at radius 3 is 1.33 bits per heavy atom. The molecule has 0 aliphatic carbocycles. The molecule has 0 bridgehead atoms. The number of hydrogen-bond acceptors (Lipinski definition) is 0. The average Bonchev–Trinajstić information content (AvgIpc) is 1.50. The van der Waals surface area contributed by atoms with Crippen LogP contribution in [-0.4, -0.2) is 13.5 Å². The summed E-state index contributed by atoms with van der Waals surface area (Å²) < 4.78 is 344. The van der Waals surface area contributed by atoms with Crippen molar-refractivity contribution in [2.24, 2.45) is 0 Å². The Morgan fingerprint density at radius 1 is 0.254 bits per heavy atom. The monoisotopic (exact) mass is 837 g/mol. The fourth-order valence-electron chi connectivity index (χ4n) is 8.18. The molecule has 0 saturated heterocycles. The van der Waals surface area contributed by atoms with Gasteiger partial charge in [0.25, 0.3) is 0 Å². The van der Waals surface area contributed by atoms with Crippen LogP contribution in [0.2, 0.25) is 0 Å². The summed E-state index contributed by atoms with van der Waals surface area (Å²) in [6, 6.07) is -36.4. The maximum Gasteiger partial charge on any atom is 0.0645 e. The quantitative estimate of drug-likeness (QED) is 0.164. The van der Waals surface area contributed by atoms with Crippen LogP contribution in [0.3, 0.4) is 0 Å². The Morgan fingerprint density at radius 2 is 0.667 bits per heavy atom. The minimum absolute atomic E-state index is 0.460. The van der Waals surface area contributed by atoms with Gasteiger partial charge in [0.1, 0.15) is 0 Å². The van der Waals surface area contributed by atoms with Crippen LogP contribution in [0.15, 0.2) is 224 Å². The lowest BCUT2D eigenvalue weighted by atomic mass is 9.99. The number of para-hydroxylation sites is 2. The Hall–Kier alpha value is -8.40. The third-order valence-electron chi connectivity index (χ3n) is 10.8. The first-order chi connectivity index (χ1) is 46.7. The van der Waals surface area contributed by atoms with Crippen molar-refractivity contribution in [2.45, 2.75) is 0 Å². The molecule has 4 heterocycles. The lowest BCUT2D eigenvalue weighted by Gasteiger charge is -2.10. The summed E-state index contributed by atoms with van der Waals surface area (Å²) in [6.45, 7) is 0. The van der Waals surface area contributed by atoms with Gasteiger partial charge in [-0.05, 0) is 111 Å². The van der Waals surface area contributed by atoms with Gasteiger partial charge in [0.2, 0.25) is 0 Å². The van der Waals surface area contributed by atoms with Crippen LogP contribution >= 0.6 is 0 Å². The molecule has 4 aromatic heterocycles. The number of benzene rings is 10. The van der Waals surface area contributed by atoms with Gasteiger partial charge in [-0.2, -0.15) is 0 Å². The first-order valence-corrected chi connectivity index (χ1v) is 18.8. The molecule has 292 valence electrons. The maximum atomic E-state index is 10.3. The third-order valence-corrected chi connectivity index (χ3v) is 10.8. The highest BCUT2D eigenvalue weighted by Gasteiger charge is 2.22. The molecule has 0 aliphatic rings. The van der Waals surface area contributed by atoms with E-state index in [-0.39, 0.29) is 0 Å². The highest BCUT2D eigenvalue weighted by atomic mass is 15.0. The van der Waals surface area contributed by atoms with Gasteiger partial charge in [-0.1, -0.05) is 151 Å². The number of fused-ring (bicyclic) bond motifs is 8. The highest BCUT2D eigenvalue weighted by molar-refractivity contribution is 6.31. The van der Waals surface area contributed by atoms with Crippen LogP contribution in [0, 0.1) is 0 Å². The molecule has 0 radical (unpaired) electrons. The van der Waals surface area contributed by atoms with Gasteiger partial charge in [0.15, 0.2) is 0 Å². The summed E-state index contributed by atoms with van der Waals surface area (Å²) in [7, 11) is 0. The summed E-state index contributed by atoms with van der Waals surface area (Å²) in [4.78, 5) is 0. The first-order valence-electron chi connectivity index (χ1n) is 37.3. The summed E-state index contributed by atoms with van der Waals surface area (Å²) in [5, 5.41) is -4.79. The highest BCUT2D eigenvalue weighted by Crippen LogP contribution is 2.45. The number of aromatic nitrogens is 3. The predicted octanol–water partition coefficient (Wildman–Crippen LogP) is 16.0. The van der Waals surface area contributed by atoms with Gasteiger partial charge in [0.05, 0.1) is 89.3 Å². The van der Waals surface area contributed by atoms with Crippen molar-refractivity contribution in [1.29, 1.82) is 0 Å². The van der Waals surface area contributed by atoms with Crippen LogP contribution in [0.1, 0.15) is 50.7 Å². The van der Waals surface area contributed by atoms with E-state index in [1.54, 1.807) is 0 Å². The minimum atomic E-state index is -1.13. The van der Waals surface area contributed by atoms with Crippen molar-refractivity contribution in [3.8, 4) is 44.8 Å². The van der Waals surface area contributed by atoms with Crippen molar-refractivity contribution in [2.75, 3.05) is 0 Å². The Labute approximate surface area is 414 Å². The standard InChI is InChI=1S/C60H37N3/c1-3-12-38(13-4-1)40-24-30-44(31-25-40)61-52-20-8-7-16-46(52)50-36-42(28-34-53(50)61)43-29-35-54-51(37-43)49-19-9-18-48-47-17-10-21-55-58(47)59-56(22-11-23-57(59)63(54)60(48)49)62(55)45-32-26-41(27-33-45)39-14-5-2-6-15-39/h1-37H/i1D,2D,3D,4D,5D,6D,7D,8D,9D,10D,11D,12D,13D,14D,15D,16D,17D,18D,19D,20D,21D,22D,23D,24D,25D,26D,27D,28D,29D,30D,31D,32D,33D,34D,35D,36D,37D. The smallest absolute Gasteiger partial charge is 0.0645 e. The van der Waals surface area contributed by atoms with Crippen LogP contribution in [-0.2, 0) is 0 Å². The van der Waals surface area contributed by atoms with Gasteiger partial charge in [-0.3, -0.25) is 0 Å². The topological polar surface area (TPSA) is 14.3 Å². The van der Waals surface area contributed by atoms with E-state index in [1.165, 1.54) is 0 Å². The van der Waals surface area contributed by atoms with Crippen LogP contribution in [0.5, 0.6) is 0 Å². The van der Waals surface area contributed by atoms with Crippen molar-refractivity contribution in [3.63, 3.8) is 0 Å². The van der Waals surface area contributed by atoms with E-state index in [0.29, 0.717) is 4.57 Å². The number of hydrogen-bond donors (Lipinski definition) is 0. The maximum absolute atomic E-state index is 10.3. The Bertz CT molecular complexity index is 6240. The van der Waals surface area contributed by atoms with E-state index in [9.17, 15) is 34.3 Å². The van der Waals surface area contributed by atoms with Crippen molar-refractivity contribution in [1.82, 2.24) is 13.5 Å². The summed E-state index contributed by atoms with van der Waals surface area (Å²) in [5.41, 5.74) is -11.3. The molecular formula is C60H37N3. The SMILES string of the molecule is [2H]c1c([2H])c([2H])c(-c2c([2H])c([2H])c(-n3c4c([2H])c([2H])c([2H])c([2H])c4c4c([2H])c(-c5c([2H])c([2H])c6c(c5[2H])c5c([2H])c([2H])c([2H])c7c8c([2H])c([2H])c([2H])c9c8c8c(c([2H])c([2H])c([2H])c8n6c75)n9-c5c([2H])c([2H])c(-c6c([2H])c([2H])c([2H])c([2H])c6[2H])c([2H])c5[2H])c([2H])c([2H])c43)c([2H])c2[2H])c([2H])c1[2H]. The fraction of sp³-hybridized carbons (Fsp3) is 0. The predicted molar refractivity (Wildman–Crippen MR) is 266 cm³/mol. The molecule has 0 saturated carbocycles. The van der Waals surface area contributed by atoms with Crippen LogP contribution in [0.25, 0.3) is 126 Å². The minimum Gasteiger partial charge on any atom is -0.309 e. The molecule has 0 unspecified atom stereocenters. The Balaban J connectivity index is 1.16. The van der Waals surface area contributed by atoms with E-state index in [0.717, 1.165) is 8.97 Å². The summed E-state index contributed by atoms with van der Waals surface area (Å²) >= 11 is 0. The Kier molecular flexibility index (Phi) is 2.97. The van der Waals surface area contributed by atoms with E-state index in [1.807, 2.05) is 0 Å². The molecule has 0 aliphatic heterocycles. The van der Waals surface area contributed by atoms with E-state index in [2.05, 4.69) is 0 Å². The van der Waals surface area contributed by atoms with E-state index < -0.39 is 350 Å². The molecule has 14 rings (SSSR count). The average molecular weight is 837 g/mol. The lowest BCUT2D eigenvalue weighted by molar-refractivity contribution is 1.18. The van der Waals surface area contributed by atoms with Gasteiger partial charge in [-0.15, -0.1) is 0 Å². The van der Waals surface area contributed by atoms with Gasteiger partial charge < -0.3 is 13.5 Å². The van der Waals surface area contributed by atoms with Gasteiger partial charge in [0, 0.05) is 49.1 Å². The first kappa shape index (κ1) is 14.3. The molecule has 10 aromatic carbocycles. The van der Waals surface area contributed by atoms with Gasteiger partial charge >= 0.3 is 0 Å². The molecule has 0 atom stereocenters. The zero-order valence-electron chi connectivity index (χ0n) is 68.3. The zero-order valence-corrected chi connectivity index (χ0v) is 31.3. The molecule has 0 N–H and O–H groups in total. The summed E-state index contributed by atoms with van der Waals surface area (Å²) in [6.07, 6.45) is 0. The second kappa shape index (κ2) is 13.1. The number of rotatable bonds is 5. The molecule has 0 fully saturated rings. The van der Waals surface area contributed by atoms with Crippen LogP contribution in [0.4, 0.5) is 0 Å². The fourth-order valence-corrected chi connectivity index (χ4v) is 8.18. The molecule has 0 spiro atoms. The molecule has 3 nitrogen and oxygen atoms in total. The van der Waals surface area contributed by atoms with Crippen molar-refractivity contribution >= 4 is 81.7 Å². The zero-order chi connectivity index (χ0) is 73.4. The number of nitrogens with zero attached hydrogens (tertiary/aromatic N) is 3. The van der Waals surface area contributed by atoms with Crippen molar-refractivity contribution < 1.29 is 50.7 Å². The van der Waals surface area contributed by atoms with Gasteiger partial charge in [-0.25, -0.2) is 0 Å². The molecule has 0 amide bonds. The second-order valence-corrected chi connectivity index (χ2v) is 14.0.